The van der Waals surface area contributed by atoms with E-state index in [1.165, 1.54) is 0 Å². The molecule has 0 bridgehead atoms. The number of aryl methyl sites for hydroxylation is 1. The van der Waals surface area contributed by atoms with E-state index in [9.17, 15) is 0 Å². The molecule has 0 amide bonds. The number of hydrogen-bond acceptors (Lipinski definition) is 5. The van der Waals surface area contributed by atoms with Crippen molar-refractivity contribution in [2.45, 2.75) is 25.7 Å². The first-order chi connectivity index (χ1) is 9.76. The summed E-state index contributed by atoms with van der Waals surface area (Å²) in [4.78, 5) is 2.25. The van der Waals surface area contributed by atoms with E-state index in [1.807, 2.05) is 19.1 Å². The third kappa shape index (κ3) is 2.65. The van der Waals surface area contributed by atoms with Gasteiger partial charge in [-0.05, 0) is 31.5 Å². The molecular formula is C14H19N5O. The van der Waals surface area contributed by atoms with Crippen molar-refractivity contribution >= 4 is 5.82 Å². The topological polar surface area (TPSA) is 77.9 Å². The van der Waals surface area contributed by atoms with E-state index in [4.69, 9.17) is 5.11 Å². The summed E-state index contributed by atoms with van der Waals surface area (Å²) < 4.78 is 0. The smallest absolute Gasteiger partial charge is 0.151 e. The third-order valence-corrected chi connectivity index (χ3v) is 3.75. The average Bonchev–Trinajstić information content (AvgIpc) is 3.08. The van der Waals surface area contributed by atoms with Crippen LogP contribution in [0.5, 0.6) is 0 Å². The lowest BCUT2D eigenvalue weighted by molar-refractivity contribution is 0.298. The quantitative estimate of drug-likeness (QED) is 0.870. The fourth-order valence-electron chi connectivity index (χ4n) is 2.61. The van der Waals surface area contributed by atoms with Gasteiger partial charge in [-0.25, -0.2) is 0 Å². The molecule has 1 saturated heterocycles. The molecule has 0 aromatic carbocycles. The van der Waals surface area contributed by atoms with Crippen LogP contribution in [0.3, 0.4) is 0 Å². The van der Waals surface area contributed by atoms with Gasteiger partial charge in [0.15, 0.2) is 5.82 Å². The molecule has 1 unspecified atom stereocenters. The number of anilines is 1. The lowest BCUT2D eigenvalue weighted by atomic mass is 10.0. The van der Waals surface area contributed by atoms with E-state index >= 15 is 0 Å². The van der Waals surface area contributed by atoms with Gasteiger partial charge in [-0.15, -0.1) is 5.10 Å². The second-order valence-electron chi connectivity index (χ2n) is 5.26. The molecule has 0 aliphatic carbocycles. The Hall–Kier alpha value is -1.95. The Morgan fingerprint density at radius 3 is 3.05 bits per heavy atom. The third-order valence-electron chi connectivity index (χ3n) is 3.75. The van der Waals surface area contributed by atoms with Gasteiger partial charge in [-0.2, -0.15) is 10.2 Å². The predicted octanol–water partition coefficient (Wildman–Crippen LogP) is 1.04. The van der Waals surface area contributed by atoms with Gasteiger partial charge in [0.25, 0.3) is 0 Å². The predicted molar refractivity (Wildman–Crippen MR) is 75.7 cm³/mol. The van der Waals surface area contributed by atoms with Gasteiger partial charge in [0.2, 0.25) is 0 Å². The number of aliphatic hydroxyl groups excluding tert-OH is 1. The van der Waals surface area contributed by atoms with Crippen LogP contribution in [-0.2, 0) is 6.42 Å². The van der Waals surface area contributed by atoms with E-state index < -0.39 is 0 Å². The van der Waals surface area contributed by atoms with Gasteiger partial charge in [0.05, 0.1) is 11.4 Å². The molecule has 0 spiro atoms. The van der Waals surface area contributed by atoms with Crippen LogP contribution in [0.1, 0.15) is 29.4 Å². The summed E-state index contributed by atoms with van der Waals surface area (Å²) in [5, 5.41) is 24.6. The number of hydrogen-bond donors (Lipinski definition) is 2. The molecule has 1 aliphatic heterocycles. The number of aliphatic hydroxyl groups is 1. The van der Waals surface area contributed by atoms with Gasteiger partial charge >= 0.3 is 0 Å². The number of aromatic nitrogens is 4. The van der Waals surface area contributed by atoms with Crippen LogP contribution in [0.4, 0.5) is 5.82 Å². The molecule has 1 fully saturated rings. The number of H-pyrrole nitrogens is 1. The summed E-state index contributed by atoms with van der Waals surface area (Å²) in [6.07, 6.45) is 1.70. The first kappa shape index (κ1) is 13.1. The van der Waals surface area contributed by atoms with Gasteiger partial charge in [0, 0.05) is 37.7 Å². The molecule has 2 aromatic rings. The van der Waals surface area contributed by atoms with Crippen molar-refractivity contribution in [3.05, 3.63) is 35.3 Å². The highest BCUT2D eigenvalue weighted by atomic mass is 16.3. The Balaban J connectivity index is 1.68. The first-order valence-corrected chi connectivity index (χ1v) is 6.96. The molecule has 3 heterocycles. The van der Waals surface area contributed by atoms with E-state index in [1.54, 1.807) is 0 Å². The Morgan fingerprint density at radius 2 is 2.30 bits per heavy atom. The van der Waals surface area contributed by atoms with Gasteiger partial charge in [-0.3, -0.25) is 5.10 Å². The van der Waals surface area contributed by atoms with Crippen LogP contribution < -0.4 is 4.90 Å². The van der Waals surface area contributed by atoms with Crippen molar-refractivity contribution in [1.82, 2.24) is 20.4 Å². The SMILES string of the molecule is Cc1ccc(N2CCC(c3cc(CCO)[nH]n3)C2)nn1. The zero-order valence-electron chi connectivity index (χ0n) is 11.6. The summed E-state index contributed by atoms with van der Waals surface area (Å²) in [6.45, 7) is 3.99. The van der Waals surface area contributed by atoms with Crippen molar-refractivity contribution in [2.24, 2.45) is 0 Å². The van der Waals surface area contributed by atoms with Crippen molar-refractivity contribution in [1.29, 1.82) is 0 Å². The highest BCUT2D eigenvalue weighted by molar-refractivity contribution is 5.40. The molecular weight excluding hydrogens is 254 g/mol. The molecule has 2 N–H and O–H groups in total. The van der Waals surface area contributed by atoms with Crippen molar-refractivity contribution in [2.75, 3.05) is 24.6 Å². The van der Waals surface area contributed by atoms with E-state index in [0.717, 1.165) is 42.4 Å². The average molecular weight is 273 g/mol. The minimum Gasteiger partial charge on any atom is -0.396 e. The second kappa shape index (κ2) is 5.58. The van der Waals surface area contributed by atoms with Crippen molar-refractivity contribution in [3.63, 3.8) is 0 Å². The Morgan fingerprint density at radius 1 is 1.40 bits per heavy atom. The molecule has 3 rings (SSSR count). The molecule has 106 valence electrons. The van der Waals surface area contributed by atoms with Crippen molar-refractivity contribution in [3.8, 4) is 0 Å². The van der Waals surface area contributed by atoms with Crippen LogP contribution in [0.15, 0.2) is 18.2 Å². The van der Waals surface area contributed by atoms with Crippen LogP contribution in [0, 0.1) is 6.92 Å². The molecule has 0 radical (unpaired) electrons. The number of rotatable bonds is 4. The maximum atomic E-state index is 8.94. The second-order valence-corrected chi connectivity index (χ2v) is 5.26. The molecule has 1 atom stereocenters. The molecule has 6 heteroatoms. The fraction of sp³-hybridized carbons (Fsp3) is 0.500. The van der Waals surface area contributed by atoms with Crippen LogP contribution in [-0.4, -0.2) is 45.2 Å². The van der Waals surface area contributed by atoms with Gasteiger partial charge < -0.3 is 10.0 Å². The molecule has 6 nitrogen and oxygen atoms in total. The number of nitrogens with zero attached hydrogens (tertiary/aromatic N) is 4. The van der Waals surface area contributed by atoms with Gasteiger partial charge in [-0.1, -0.05) is 0 Å². The van der Waals surface area contributed by atoms with Crippen LogP contribution in [0.25, 0.3) is 0 Å². The first-order valence-electron chi connectivity index (χ1n) is 6.96. The number of aromatic amines is 1. The maximum Gasteiger partial charge on any atom is 0.151 e. The van der Waals surface area contributed by atoms with Crippen molar-refractivity contribution < 1.29 is 5.11 Å². The monoisotopic (exact) mass is 273 g/mol. The van der Waals surface area contributed by atoms with E-state index in [2.05, 4.69) is 31.4 Å². The fourth-order valence-corrected chi connectivity index (χ4v) is 2.61. The summed E-state index contributed by atoms with van der Waals surface area (Å²) in [6, 6.07) is 6.07. The zero-order chi connectivity index (χ0) is 13.9. The van der Waals surface area contributed by atoms with Crippen LogP contribution >= 0.6 is 0 Å². The highest BCUT2D eigenvalue weighted by Crippen LogP contribution is 2.28. The molecule has 1 aliphatic rings. The minimum absolute atomic E-state index is 0.150. The Labute approximate surface area is 117 Å². The Bertz CT molecular complexity index is 565. The molecule has 2 aromatic heterocycles. The summed E-state index contributed by atoms with van der Waals surface area (Å²) in [7, 11) is 0. The van der Waals surface area contributed by atoms with Gasteiger partial charge in [0.1, 0.15) is 0 Å². The lowest BCUT2D eigenvalue weighted by Crippen LogP contribution is -2.20. The maximum absolute atomic E-state index is 8.94. The Kier molecular flexibility index (Phi) is 3.64. The summed E-state index contributed by atoms with van der Waals surface area (Å²) in [5.74, 6) is 1.35. The number of nitrogens with one attached hydrogen (secondary N) is 1. The van der Waals surface area contributed by atoms with E-state index in [0.29, 0.717) is 12.3 Å². The normalized spacial score (nSPS) is 18.7. The molecule has 20 heavy (non-hydrogen) atoms. The highest BCUT2D eigenvalue weighted by Gasteiger charge is 2.26. The largest absolute Gasteiger partial charge is 0.396 e. The summed E-state index contributed by atoms with van der Waals surface area (Å²) in [5.41, 5.74) is 3.01. The summed E-state index contributed by atoms with van der Waals surface area (Å²) >= 11 is 0. The minimum atomic E-state index is 0.150. The standard InChI is InChI=1S/C14H19N5O/c1-10-2-3-14(18-15-10)19-6-4-11(9-19)13-8-12(5-7-20)16-17-13/h2-3,8,11,20H,4-7,9H2,1H3,(H,16,17). The lowest BCUT2D eigenvalue weighted by Gasteiger charge is -2.16. The van der Waals surface area contributed by atoms with E-state index in [-0.39, 0.29) is 6.61 Å². The molecule has 0 saturated carbocycles. The van der Waals surface area contributed by atoms with Crippen LogP contribution in [0.2, 0.25) is 0 Å². The zero-order valence-corrected chi connectivity index (χ0v) is 11.6.